The molecule has 3 aromatic rings. The van der Waals surface area contributed by atoms with Crippen LogP contribution < -0.4 is 5.32 Å². The van der Waals surface area contributed by atoms with Crippen LogP contribution in [0.1, 0.15) is 10.4 Å². The predicted octanol–water partition coefficient (Wildman–Crippen LogP) is 3.96. The van der Waals surface area contributed by atoms with Crippen molar-refractivity contribution in [1.29, 1.82) is 0 Å². The first kappa shape index (κ1) is 13.6. The Hall–Kier alpha value is -2.40. The maximum atomic E-state index is 12.3. The number of hydrogen-bond donors (Lipinski definition) is 2. The van der Waals surface area contributed by atoms with E-state index in [-0.39, 0.29) is 11.7 Å². The molecular weight excluding hydrogens is 332 g/mol. The van der Waals surface area contributed by atoms with Crippen molar-refractivity contribution in [1.82, 2.24) is 4.98 Å². The van der Waals surface area contributed by atoms with Crippen molar-refractivity contribution in [2.75, 3.05) is 5.32 Å². The molecule has 1 aromatic heterocycles. The summed E-state index contributed by atoms with van der Waals surface area (Å²) in [6, 6.07) is 14.1. The minimum atomic E-state index is -0.295. The predicted molar refractivity (Wildman–Crippen MR) is 85.5 cm³/mol. The zero-order chi connectivity index (χ0) is 14.8. The van der Waals surface area contributed by atoms with Crippen molar-refractivity contribution in [3.63, 3.8) is 0 Å². The van der Waals surface area contributed by atoms with Gasteiger partial charge < -0.3 is 10.4 Å². The number of rotatable bonds is 2. The number of phenolic OH excluding ortho intramolecular Hbond substituents is 1. The third-order valence-corrected chi connectivity index (χ3v) is 3.76. The molecule has 3 rings (SSSR count). The first-order valence-electron chi connectivity index (χ1n) is 6.29. The minimum Gasteiger partial charge on any atom is -0.507 e. The SMILES string of the molecule is O=C(Nc1cccc2cccnc12)c1ccc(Br)c(O)c1. The smallest absolute Gasteiger partial charge is 0.255 e. The lowest BCUT2D eigenvalue weighted by Crippen LogP contribution is -2.12. The zero-order valence-corrected chi connectivity index (χ0v) is 12.5. The van der Waals surface area contributed by atoms with Crippen LogP contribution in [0.4, 0.5) is 5.69 Å². The number of pyridine rings is 1. The number of phenols is 1. The Balaban J connectivity index is 1.94. The zero-order valence-electron chi connectivity index (χ0n) is 10.9. The fourth-order valence-electron chi connectivity index (χ4n) is 2.05. The van der Waals surface area contributed by atoms with Crippen molar-refractivity contribution < 1.29 is 9.90 Å². The Labute approximate surface area is 129 Å². The molecule has 4 nitrogen and oxygen atoms in total. The van der Waals surface area contributed by atoms with E-state index >= 15 is 0 Å². The fourth-order valence-corrected chi connectivity index (χ4v) is 2.30. The van der Waals surface area contributed by atoms with Crippen LogP contribution in [0.15, 0.2) is 59.2 Å². The van der Waals surface area contributed by atoms with Gasteiger partial charge in [-0.15, -0.1) is 0 Å². The molecule has 0 saturated carbocycles. The van der Waals surface area contributed by atoms with Gasteiger partial charge in [0.1, 0.15) is 5.75 Å². The summed E-state index contributed by atoms with van der Waals surface area (Å²) in [6.45, 7) is 0. The largest absolute Gasteiger partial charge is 0.507 e. The van der Waals surface area contributed by atoms with Crippen molar-refractivity contribution in [3.8, 4) is 5.75 Å². The summed E-state index contributed by atoms with van der Waals surface area (Å²) in [6.07, 6.45) is 1.68. The summed E-state index contributed by atoms with van der Waals surface area (Å²) in [4.78, 5) is 16.5. The summed E-state index contributed by atoms with van der Waals surface area (Å²) in [5, 5.41) is 13.4. The van der Waals surface area contributed by atoms with Gasteiger partial charge in [0, 0.05) is 17.1 Å². The molecule has 0 aliphatic rings. The average molecular weight is 343 g/mol. The van der Waals surface area contributed by atoms with Gasteiger partial charge in [-0.25, -0.2) is 0 Å². The van der Waals surface area contributed by atoms with Crippen LogP contribution in [0.25, 0.3) is 10.9 Å². The number of fused-ring (bicyclic) bond motifs is 1. The van der Waals surface area contributed by atoms with Gasteiger partial charge in [0.25, 0.3) is 5.91 Å². The second-order valence-electron chi connectivity index (χ2n) is 4.50. The number of carbonyl (C=O) groups excluding carboxylic acids is 1. The van der Waals surface area contributed by atoms with Crippen LogP contribution in [-0.2, 0) is 0 Å². The van der Waals surface area contributed by atoms with Gasteiger partial charge in [0.05, 0.1) is 15.7 Å². The highest BCUT2D eigenvalue weighted by atomic mass is 79.9. The van der Waals surface area contributed by atoms with E-state index in [0.29, 0.717) is 15.7 Å². The molecule has 1 heterocycles. The highest BCUT2D eigenvalue weighted by Gasteiger charge is 2.10. The number of halogens is 1. The molecule has 2 aromatic carbocycles. The highest BCUT2D eigenvalue weighted by Crippen LogP contribution is 2.26. The first-order valence-corrected chi connectivity index (χ1v) is 7.08. The molecule has 0 spiro atoms. The summed E-state index contributed by atoms with van der Waals surface area (Å²) in [5.74, 6) is -0.269. The Morgan fingerprint density at radius 2 is 1.95 bits per heavy atom. The maximum absolute atomic E-state index is 12.3. The van der Waals surface area contributed by atoms with Crippen molar-refractivity contribution >= 4 is 38.4 Å². The molecule has 0 radical (unpaired) electrons. The second-order valence-corrected chi connectivity index (χ2v) is 5.36. The number of benzene rings is 2. The van der Waals surface area contributed by atoms with Crippen LogP contribution in [-0.4, -0.2) is 16.0 Å². The fraction of sp³-hybridized carbons (Fsp3) is 0. The van der Waals surface area contributed by atoms with Gasteiger partial charge >= 0.3 is 0 Å². The van der Waals surface area contributed by atoms with E-state index in [1.54, 1.807) is 24.4 Å². The number of anilines is 1. The molecule has 2 N–H and O–H groups in total. The van der Waals surface area contributed by atoms with E-state index in [0.717, 1.165) is 10.9 Å². The number of aromatic nitrogens is 1. The molecule has 0 aliphatic carbocycles. The molecule has 0 bridgehead atoms. The normalized spacial score (nSPS) is 10.5. The molecule has 104 valence electrons. The molecular formula is C16H11BrN2O2. The Morgan fingerprint density at radius 3 is 2.76 bits per heavy atom. The van der Waals surface area contributed by atoms with E-state index in [1.165, 1.54) is 6.07 Å². The quantitative estimate of drug-likeness (QED) is 0.741. The van der Waals surface area contributed by atoms with Gasteiger partial charge in [-0.1, -0.05) is 18.2 Å². The standard InChI is InChI=1S/C16H11BrN2O2/c17-12-7-6-11(9-14(12)20)16(21)19-13-5-1-3-10-4-2-8-18-15(10)13/h1-9,20H,(H,19,21). The van der Waals surface area contributed by atoms with E-state index < -0.39 is 0 Å². The topological polar surface area (TPSA) is 62.2 Å². The van der Waals surface area contributed by atoms with Gasteiger partial charge in [-0.3, -0.25) is 9.78 Å². The van der Waals surface area contributed by atoms with Crippen molar-refractivity contribution in [2.24, 2.45) is 0 Å². The lowest BCUT2D eigenvalue weighted by Gasteiger charge is -2.08. The van der Waals surface area contributed by atoms with Crippen molar-refractivity contribution in [3.05, 3.63) is 64.8 Å². The third-order valence-electron chi connectivity index (χ3n) is 3.09. The number of aromatic hydroxyl groups is 1. The molecule has 0 unspecified atom stereocenters. The van der Waals surface area contributed by atoms with Crippen LogP contribution in [0.3, 0.4) is 0 Å². The number of nitrogens with zero attached hydrogens (tertiary/aromatic N) is 1. The summed E-state index contributed by atoms with van der Waals surface area (Å²) in [7, 11) is 0. The lowest BCUT2D eigenvalue weighted by molar-refractivity contribution is 0.102. The van der Waals surface area contributed by atoms with Gasteiger partial charge in [-0.05, 0) is 46.3 Å². The Kier molecular flexibility index (Phi) is 3.58. The van der Waals surface area contributed by atoms with E-state index in [9.17, 15) is 9.90 Å². The minimum absolute atomic E-state index is 0.0266. The van der Waals surface area contributed by atoms with Crippen LogP contribution in [0.2, 0.25) is 0 Å². The summed E-state index contributed by atoms with van der Waals surface area (Å²) in [5.41, 5.74) is 1.75. The number of amides is 1. The van der Waals surface area contributed by atoms with Crippen molar-refractivity contribution in [2.45, 2.75) is 0 Å². The summed E-state index contributed by atoms with van der Waals surface area (Å²) >= 11 is 3.19. The number of nitrogens with one attached hydrogen (secondary N) is 1. The molecule has 0 aliphatic heterocycles. The Morgan fingerprint density at radius 1 is 1.14 bits per heavy atom. The lowest BCUT2D eigenvalue weighted by atomic mass is 10.1. The van der Waals surface area contributed by atoms with Crippen LogP contribution in [0, 0.1) is 0 Å². The van der Waals surface area contributed by atoms with E-state index in [2.05, 4.69) is 26.2 Å². The molecule has 0 atom stereocenters. The second kappa shape index (κ2) is 5.54. The molecule has 0 saturated heterocycles. The maximum Gasteiger partial charge on any atom is 0.255 e. The Bertz CT molecular complexity index is 828. The summed E-state index contributed by atoms with van der Waals surface area (Å²) < 4.78 is 0.547. The average Bonchev–Trinajstić information content (AvgIpc) is 2.50. The monoisotopic (exact) mass is 342 g/mol. The van der Waals surface area contributed by atoms with Gasteiger partial charge in [0.15, 0.2) is 0 Å². The van der Waals surface area contributed by atoms with E-state index in [4.69, 9.17) is 0 Å². The molecule has 1 amide bonds. The third kappa shape index (κ3) is 2.73. The highest BCUT2D eigenvalue weighted by molar-refractivity contribution is 9.10. The first-order chi connectivity index (χ1) is 10.1. The number of para-hydroxylation sites is 1. The van der Waals surface area contributed by atoms with Gasteiger partial charge in [-0.2, -0.15) is 0 Å². The van der Waals surface area contributed by atoms with E-state index in [1.807, 2.05) is 24.3 Å². The van der Waals surface area contributed by atoms with Crippen LogP contribution in [0.5, 0.6) is 5.75 Å². The molecule has 21 heavy (non-hydrogen) atoms. The van der Waals surface area contributed by atoms with Crippen LogP contribution >= 0.6 is 15.9 Å². The number of carbonyl (C=O) groups is 1. The molecule has 5 heteroatoms. The molecule has 0 fully saturated rings. The number of hydrogen-bond acceptors (Lipinski definition) is 3. The van der Waals surface area contributed by atoms with Gasteiger partial charge in [0.2, 0.25) is 0 Å².